The summed E-state index contributed by atoms with van der Waals surface area (Å²) in [4.78, 5) is 4.16. The molecule has 0 unspecified atom stereocenters. The molecule has 17 heavy (non-hydrogen) atoms. The van der Waals surface area contributed by atoms with Crippen LogP contribution in [0, 0.1) is 6.92 Å². The van der Waals surface area contributed by atoms with Gasteiger partial charge in [-0.3, -0.25) is 4.98 Å². The first kappa shape index (κ1) is 13.8. The number of rotatable bonds is 5. The Morgan fingerprint density at radius 3 is 2.65 bits per heavy atom. The predicted molar refractivity (Wildman–Crippen MR) is 57.9 cm³/mol. The second-order valence-corrected chi connectivity index (χ2v) is 3.58. The maximum atomic E-state index is 12.0. The fourth-order valence-electron chi connectivity index (χ4n) is 1.26. The molecule has 1 aromatic rings. The minimum absolute atomic E-state index is 0.175. The molecule has 0 radical (unpaired) electrons. The lowest BCUT2D eigenvalue weighted by atomic mass is 10.3. The van der Waals surface area contributed by atoms with Crippen LogP contribution in [-0.4, -0.2) is 24.3 Å². The molecule has 0 fully saturated rings. The maximum absolute atomic E-state index is 12.0. The zero-order valence-corrected chi connectivity index (χ0v) is 9.77. The largest absolute Gasteiger partial charge is 0.482 e. The zero-order valence-electron chi connectivity index (χ0n) is 9.77. The van der Waals surface area contributed by atoms with Crippen LogP contribution in [0.5, 0.6) is 5.75 Å². The fraction of sp³-hybridized carbons (Fsp3) is 0.545. The van der Waals surface area contributed by atoms with E-state index in [-0.39, 0.29) is 5.75 Å². The van der Waals surface area contributed by atoms with Crippen LogP contribution in [0.2, 0.25) is 0 Å². The average molecular weight is 248 g/mol. The van der Waals surface area contributed by atoms with Crippen molar-refractivity contribution < 1.29 is 17.9 Å². The van der Waals surface area contributed by atoms with E-state index in [4.69, 9.17) is 4.74 Å². The van der Waals surface area contributed by atoms with Gasteiger partial charge in [0.2, 0.25) is 0 Å². The van der Waals surface area contributed by atoms with Crippen LogP contribution < -0.4 is 10.1 Å². The lowest BCUT2D eigenvalue weighted by Gasteiger charge is -2.13. The molecular weight excluding hydrogens is 233 g/mol. The second-order valence-electron chi connectivity index (χ2n) is 3.58. The highest BCUT2D eigenvalue weighted by molar-refractivity contribution is 5.29. The summed E-state index contributed by atoms with van der Waals surface area (Å²) in [5, 5.41) is 3.01. The van der Waals surface area contributed by atoms with E-state index in [2.05, 4.69) is 10.3 Å². The number of hydrogen-bond acceptors (Lipinski definition) is 3. The van der Waals surface area contributed by atoms with Crippen LogP contribution in [0.1, 0.15) is 18.3 Å². The number of alkyl halides is 3. The van der Waals surface area contributed by atoms with Crippen molar-refractivity contribution in [1.82, 2.24) is 10.3 Å². The second kappa shape index (κ2) is 5.86. The first-order valence-electron chi connectivity index (χ1n) is 5.29. The number of pyridine rings is 1. The Bertz CT molecular complexity index is 366. The molecule has 0 bridgehead atoms. The first-order valence-corrected chi connectivity index (χ1v) is 5.29. The van der Waals surface area contributed by atoms with E-state index >= 15 is 0 Å². The molecule has 0 saturated carbocycles. The van der Waals surface area contributed by atoms with Crippen molar-refractivity contribution in [3.63, 3.8) is 0 Å². The topological polar surface area (TPSA) is 34.2 Å². The summed E-state index contributed by atoms with van der Waals surface area (Å²) in [6, 6.07) is 3.14. The highest BCUT2D eigenvalue weighted by atomic mass is 19.4. The molecule has 1 aromatic heterocycles. The van der Waals surface area contributed by atoms with E-state index in [1.807, 2.05) is 6.92 Å². The van der Waals surface area contributed by atoms with Gasteiger partial charge in [0.05, 0.1) is 5.69 Å². The van der Waals surface area contributed by atoms with Crippen molar-refractivity contribution in [3.8, 4) is 5.75 Å². The summed E-state index contributed by atoms with van der Waals surface area (Å²) in [5.41, 5.74) is 1.24. The summed E-state index contributed by atoms with van der Waals surface area (Å²) >= 11 is 0. The lowest BCUT2D eigenvalue weighted by molar-refractivity contribution is -0.153. The molecule has 0 spiro atoms. The van der Waals surface area contributed by atoms with Gasteiger partial charge in [-0.1, -0.05) is 6.92 Å². The monoisotopic (exact) mass is 248 g/mol. The minimum atomic E-state index is -4.33. The van der Waals surface area contributed by atoms with Gasteiger partial charge in [0.15, 0.2) is 6.61 Å². The third-order valence-electron chi connectivity index (χ3n) is 2.01. The van der Waals surface area contributed by atoms with Gasteiger partial charge in [0, 0.05) is 12.2 Å². The SMILES string of the molecule is CCNCc1nc(C)ccc1OCC(F)(F)F. The van der Waals surface area contributed by atoms with Gasteiger partial charge in [0.1, 0.15) is 5.75 Å². The average Bonchev–Trinajstić information content (AvgIpc) is 2.23. The molecule has 0 aliphatic rings. The molecule has 6 heteroatoms. The molecule has 1 heterocycles. The van der Waals surface area contributed by atoms with Crippen LogP contribution in [0.25, 0.3) is 0 Å². The molecule has 96 valence electrons. The van der Waals surface area contributed by atoms with Gasteiger partial charge in [-0.2, -0.15) is 13.2 Å². The van der Waals surface area contributed by atoms with Crippen molar-refractivity contribution in [3.05, 3.63) is 23.5 Å². The van der Waals surface area contributed by atoms with E-state index < -0.39 is 12.8 Å². The highest BCUT2D eigenvalue weighted by Gasteiger charge is 2.28. The third-order valence-corrected chi connectivity index (χ3v) is 2.01. The number of aromatic nitrogens is 1. The normalized spacial score (nSPS) is 11.6. The third kappa shape index (κ3) is 5.04. The van der Waals surface area contributed by atoms with E-state index in [1.165, 1.54) is 6.07 Å². The lowest BCUT2D eigenvalue weighted by Crippen LogP contribution is -2.21. The molecular formula is C11H15F3N2O. The van der Waals surface area contributed by atoms with E-state index in [0.29, 0.717) is 18.8 Å². The summed E-state index contributed by atoms with van der Waals surface area (Å²) in [6.45, 7) is 3.51. The molecule has 1 N–H and O–H groups in total. The summed E-state index contributed by atoms with van der Waals surface area (Å²) in [6.07, 6.45) is -4.33. The Labute approximate surface area is 98.0 Å². The maximum Gasteiger partial charge on any atom is 0.422 e. The number of aryl methyl sites for hydroxylation is 1. The van der Waals surface area contributed by atoms with Gasteiger partial charge >= 0.3 is 6.18 Å². The molecule has 0 amide bonds. The number of halogens is 3. The minimum Gasteiger partial charge on any atom is -0.482 e. The van der Waals surface area contributed by atoms with Gasteiger partial charge in [0.25, 0.3) is 0 Å². The number of nitrogens with one attached hydrogen (secondary N) is 1. The van der Waals surface area contributed by atoms with Crippen LogP contribution in [0.4, 0.5) is 13.2 Å². The highest BCUT2D eigenvalue weighted by Crippen LogP contribution is 2.21. The Hall–Kier alpha value is -1.30. The molecule has 0 atom stereocenters. The first-order chi connectivity index (χ1) is 7.92. The predicted octanol–water partition coefficient (Wildman–Crippen LogP) is 2.44. The number of hydrogen-bond donors (Lipinski definition) is 1. The fourth-order valence-corrected chi connectivity index (χ4v) is 1.26. The van der Waals surface area contributed by atoms with Crippen molar-refractivity contribution in [2.75, 3.05) is 13.2 Å². The zero-order chi connectivity index (χ0) is 12.9. The molecule has 0 saturated heterocycles. The quantitative estimate of drug-likeness (QED) is 0.869. The van der Waals surface area contributed by atoms with Crippen molar-refractivity contribution in [2.24, 2.45) is 0 Å². The summed E-state index contributed by atoms with van der Waals surface area (Å²) in [7, 11) is 0. The van der Waals surface area contributed by atoms with Crippen molar-refractivity contribution >= 4 is 0 Å². The smallest absolute Gasteiger partial charge is 0.422 e. The molecule has 3 nitrogen and oxygen atoms in total. The van der Waals surface area contributed by atoms with E-state index in [9.17, 15) is 13.2 Å². The molecule has 0 aliphatic heterocycles. The van der Waals surface area contributed by atoms with Crippen LogP contribution in [0.3, 0.4) is 0 Å². The van der Waals surface area contributed by atoms with Gasteiger partial charge in [-0.15, -0.1) is 0 Å². The van der Waals surface area contributed by atoms with Gasteiger partial charge < -0.3 is 10.1 Å². The number of ether oxygens (including phenoxy) is 1. The molecule has 0 aliphatic carbocycles. The summed E-state index contributed by atoms with van der Waals surface area (Å²) < 4.78 is 40.9. The Morgan fingerprint density at radius 2 is 2.06 bits per heavy atom. The standard InChI is InChI=1S/C11H15F3N2O/c1-3-15-6-9-10(5-4-8(2)16-9)17-7-11(12,13)14/h4-5,15H,3,6-7H2,1-2H3. The van der Waals surface area contributed by atoms with Gasteiger partial charge in [-0.05, 0) is 25.6 Å². The molecule has 1 rings (SSSR count). The molecule has 0 aromatic carbocycles. The van der Waals surface area contributed by atoms with Crippen molar-refractivity contribution in [1.29, 1.82) is 0 Å². The van der Waals surface area contributed by atoms with E-state index in [0.717, 1.165) is 5.69 Å². The Morgan fingerprint density at radius 1 is 1.35 bits per heavy atom. The Balaban J connectivity index is 2.75. The Kier molecular flexibility index (Phi) is 4.74. The summed E-state index contributed by atoms with van der Waals surface area (Å²) in [5.74, 6) is 0.175. The van der Waals surface area contributed by atoms with Crippen LogP contribution >= 0.6 is 0 Å². The van der Waals surface area contributed by atoms with Crippen LogP contribution in [0.15, 0.2) is 12.1 Å². The van der Waals surface area contributed by atoms with E-state index in [1.54, 1.807) is 13.0 Å². The van der Waals surface area contributed by atoms with Crippen molar-refractivity contribution in [2.45, 2.75) is 26.6 Å². The van der Waals surface area contributed by atoms with Gasteiger partial charge in [-0.25, -0.2) is 0 Å². The number of nitrogens with zero attached hydrogens (tertiary/aromatic N) is 1. The van der Waals surface area contributed by atoms with Crippen LogP contribution in [-0.2, 0) is 6.54 Å².